The van der Waals surface area contributed by atoms with Gasteiger partial charge in [0, 0.05) is 12.8 Å². The standard InChI is InChI=1S/C20H20N4OS/c1-3-19(25)22-18-12-16(14-10-8-13(2)9-11-14)24(23-18)20-21-15-6-4-5-7-17(15)26-20/h4-11,16H,3,12H2,1-2H3,(H,22,23,25). The van der Waals surface area contributed by atoms with Crippen molar-refractivity contribution in [3.8, 4) is 0 Å². The van der Waals surface area contributed by atoms with Gasteiger partial charge in [0.25, 0.3) is 0 Å². The van der Waals surface area contributed by atoms with Crippen LogP contribution in [0.5, 0.6) is 0 Å². The Kier molecular flexibility index (Phi) is 4.42. The molecule has 0 spiro atoms. The van der Waals surface area contributed by atoms with Crippen molar-refractivity contribution >= 4 is 38.4 Å². The minimum absolute atomic E-state index is 0.0162. The minimum Gasteiger partial charge on any atom is -0.313 e. The number of hydrazone groups is 1. The smallest absolute Gasteiger partial charge is 0.225 e. The van der Waals surface area contributed by atoms with Crippen LogP contribution in [-0.2, 0) is 4.79 Å². The van der Waals surface area contributed by atoms with E-state index in [9.17, 15) is 4.79 Å². The second kappa shape index (κ2) is 6.88. The zero-order valence-electron chi connectivity index (χ0n) is 14.8. The van der Waals surface area contributed by atoms with Crippen molar-refractivity contribution in [3.63, 3.8) is 0 Å². The van der Waals surface area contributed by atoms with Crippen molar-refractivity contribution in [2.75, 3.05) is 5.01 Å². The van der Waals surface area contributed by atoms with Gasteiger partial charge in [0.05, 0.1) is 16.3 Å². The summed E-state index contributed by atoms with van der Waals surface area (Å²) in [6, 6.07) is 16.6. The first-order valence-corrected chi connectivity index (χ1v) is 9.54. The van der Waals surface area contributed by atoms with Gasteiger partial charge >= 0.3 is 0 Å². The fourth-order valence-electron chi connectivity index (χ4n) is 3.02. The van der Waals surface area contributed by atoms with E-state index in [0.717, 1.165) is 15.3 Å². The van der Waals surface area contributed by atoms with E-state index in [0.29, 0.717) is 18.7 Å². The topological polar surface area (TPSA) is 57.6 Å². The van der Waals surface area contributed by atoms with Crippen molar-refractivity contribution in [2.45, 2.75) is 32.7 Å². The van der Waals surface area contributed by atoms with Crippen LogP contribution in [0.3, 0.4) is 0 Å². The van der Waals surface area contributed by atoms with Crippen molar-refractivity contribution in [2.24, 2.45) is 5.10 Å². The van der Waals surface area contributed by atoms with Gasteiger partial charge in [-0.3, -0.25) is 4.79 Å². The zero-order valence-corrected chi connectivity index (χ0v) is 15.6. The van der Waals surface area contributed by atoms with Crippen LogP contribution in [0.2, 0.25) is 0 Å². The first-order valence-electron chi connectivity index (χ1n) is 8.72. The summed E-state index contributed by atoms with van der Waals surface area (Å²) in [7, 11) is 0. The summed E-state index contributed by atoms with van der Waals surface area (Å²) in [5.41, 5.74) is 3.36. The lowest BCUT2D eigenvalue weighted by molar-refractivity contribution is -0.119. The maximum Gasteiger partial charge on any atom is 0.225 e. The molecule has 0 fully saturated rings. The molecule has 0 saturated heterocycles. The number of carbonyl (C=O) groups excluding carboxylic acids is 1. The quantitative estimate of drug-likeness (QED) is 0.749. The number of rotatable bonds is 3. The lowest BCUT2D eigenvalue weighted by Gasteiger charge is -2.21. The number of carbonyl (C=O) groups is 1. The van der Waals surface area contributed by atoms with Gasteiger partial charge in [-0.05, 0) is 24.6 Å². The number of amidine groups is 1. The van der Waals surface area contributed by atoms with Gasteiger partial charge < -0.3 is 5.32 Å². The number of aromatic nitrogens is 1. The highest BCUT2D eigenvalue weighted by atomic mass is 32.1. The van der Waals surface area contributed by atoms with Crippen molar-refractivity contribution in [3.05, 3.63) is 59.7 Å². The lowest BCUT2D eigenvalue weighted by atomic mass is 10.0. The molecule has 6 heteroatoms. The number of benzene rings is 2. The van der Waals surface area contributed by atoms with E-state index < -0.39 is 0 Å². The molecule has 132 valence electrons. The second-order valence-corrected chi connectivity index (χ2v) is 7.40. The van der Waals surface area contributed by atoms with Crippen LogP contribution in [0.1, 0.15) is 36.9 Å². The van der Waals surface area contributed by atoms with Gasteiger partial charge in [0.15, 0.2) is 0 Å². The third-order valence-corrected chi connectivity index (χ3v) is 5.48. The van der Waals surface area contributed by atoms with E-state index in [-0.39, 0.29) is 11.9 Å². The van der Waals surface area contributed by atoms with Crippen molar-refractivity contribution < 1.29 is 4.79 Å². The summed E-state index contributed by atoms with van der Waals surface area (Å²) in [5.74, 6) is 0.680. The number of para-hydroxylation sites is 1. The third-order valence-electron chi connectivity index (χ3n) is 4.46. The Labute approximate surface area is 156 Å². The Hall–Kier alpha value is -2.73. The first kappa shape index (κ1) is 16.7. The molecule has 1 atom stereocenters. The number of aryl methyl sites for hydroxylation is 1. The van der Waals surface area contributed by atoms with Gasteiger partial charge in [-0.1, -0.05) is 60.2 Å². The monoisotopic (exact) mass is 364 g/mol. The van der Waals surface area contributed by atoms with E-state index in [4.69, 9.17) is 4.98 Å². The fraction of sp³-hybridized carbons (Fsp3) is 0.250. The largest absolute Gasteiger partial charge is 0.313 e. The number of hydrogen-bond donors (Lipinski definition) is 1. The highest BCUT2D eigenvalue weighted by molar-refractivity contribution is 7.22. The maximum absolute atomic E-state index is 11.8. The number of anilines is 1. The lowest BCUT2D eigenvalue weighted by Crippen LogP contribution is -2.28. The van der Waals surface area contributed by atoms with Crippen LogP contribution < -0.4 is 10.3 Å². The zero-order chi connectivity index (χ0) is 18.1. The molecular weight excluding hydrogens is 344 g/mol. The Bertz CT molecular complexity index is 944. The van der Waals surface area contributed by atoms with Gasteiger partial charge in [-0.2, -0.15) is 5.10 Å². The highest BCUT2D eigenvalue weighted by Gasteiger charge is 2.31. The summed E-state index contributed by atoms with van der Waals surface area (Å²) < 4.78 is 1.13. The molecule has 1 aliphatic heterocycles. The molecule has 0 bridgehead atoms. The molecule has 1 N–H and O–H groups in total. The third kappa shape index (κ3) is 3.20. The Morgan fingerprint density at radius 1 is 1.23 bits per heavy atom. The van der Waals surface area contributed by atoms with Gasteiger partial charge in [-0.15, -0.1) is 0 Å². The van der Waals surface area contributed by atoms with Gasteiger partial charge in [0.2, 0.25) is 11.0 Å². The number of nitrogens with one attached hydrogen (secondary N) is 1. The second-order valence-electron chi connectivity index (χ2n) is 6.39. The molecule has 2 aromatic carbocycles. The van der Waals surface area contributed by atoms with Crippen LogP contribution >= 0.6 is 11.3 Å². The predicted octanol–water partition coefficient (Wildman–Crippen LogP) is 4.40. The summed E-state index contributed by atoms with van der Waals surface area (Å²) in [5, 5.41) is 10.4. The van der Waals surface area contributed by atoms with E-state index in [2.05, 4.69) is 47.7 Å². The fourth-order valence-corrected chi connectivity index (χ4v) is 3.98. The number of hydrogen-bond acceptors (Lipinski definition) is 5. The van der Waals surface area contributed by atoms with E-state index in [1.807, 2.05) is 30.1 Å². The summed E-state index contributed by atoms with van der Waals surface area (Å²) in [4.78, 5) is 16.6. The average molecular weight is 364 g/mol. The molecule has 1 amide bonds. The van der Waals surface area contributed by atoms with Crippen LogP contribution in [0, 0.1) is 6.92 Å². The maximum atomic E-state index is 11.8. The highest BCUT2D eigenvalue weighted by Crippen LogP contribution is 2.38. The number of amides is 1. The molecule has 3 aromatic rings. The molecule has 26 heavy (non-hydrogen) atoms. The van der Waals surface area contributed by atoms with Crippen molar-refractivity contribution in [1.29, 1.82) is 0 Å². The van der Waals surface area contributed by atoms with Crippen LogP contribution in [0.4, 0.5) is 5.13 Å². The van der Waals surface area contributed by atoms with Crippen LogP contribution in [0.25, 0.3) is 10.2 Å². The van der Waals surface area contributed by atoms with Crippen LogP contribution in [-0.4, -0.2) is 16.7 Å². The molecule has 0 aliphatic carbocycles. The average Bonchev–Trinajstić information content (AvgIpc) is 3.26. The van der Waals surface area contributed by atoms with Crippen molar-refractivity contribution in [1.82, 2.24) is 10.3 Å². The molecule has 2 heterocycles. The minimum atomic E-state index is -0.0162. The molecule has 0 saturated carbocycles. The van der Waals surface area contributed by atoms with E-state index >= 15 is 0 Å². The van der Waals surface area contributed by atoms with Gasteiger partial charge in [0.1, 0.15) is 5.84 Å². The Morgan fingerprint density at radius 3 is 2.73 bits per heavy atom. The summed E-state index contributed by atoms with van der Waals surface area (Å²) >= 11 is 1.62. The molecular formula is C20H20N4OS. The number of nitrogens with zero attached hydrogens (tertiary/aromatic N) is 3. The molecule has 1 aromatic heterocycles. The Balaban J connectivity index is 1.72. The van der Waals surface area contributed by atoms with Gasteiger partial charge in [-0.25, -0.2) is 9.99 Å². The Morgan fingerprint density at radius 2 is 2.00 bits per heavy atom. The van der Waals surface area contributed by atoms with E-state index in [1.165, 1.54) is 11.1 Å². The number of thiazole rings is 1. The molecule has 4 rings (SSSR count). The van der Waals surface area contributed by atoms with E-state index in [1.54, 1.807) is 11.3 Å². The SMILES string of the molecule is CCC(=O)NC1=NN(c2nc3ccccc3s2)C(c2ccc(C)cc2)C1. The summed E-state index contributed by atoms with van der Waals surface area (Å²) in [6.45, 7) is 3.92. The van der Waals surface area contributed by atoms with Crippen LogP contribution in [0.15, 0.2) is 53.6 Å². The first-order chi connectivity index (χ1) is 12.6. The molecule has 5 nitrogen and oxygen atoms in total. The number of fused-ring (bicyclic) bond motifs is 1. The normalized spacial score (nSPS) is 16.8. The summed E-state index contributed by atoms with van der Waals surface area (Å²) in [6.07, 6.45) is 1.10. The predicted molar refractivity (Wildman–Crippen MR) is 107 cm³/mol. The molecule has 1 aliphatic rings. The molecule has 0 radical (unpaired) electrons. The molecule has 1 unspecified atom stereocenters.